The van der Waals surface area contributed by atoms with Gasteiger partial charge in [-0.3, -0.25) is 0 Å². The van der Waals surface area contributed by atoms with Crippen LogP contribution in [0.5, 0.6) is 5.88 Å². The van der Waals surface area contributed by atoms with Crippen molar-refractivity contribution in [1.82, 2.24) is 9.97 Å². The molecule has 0 spiro atoms. The number of anilines is 1. The van der Waals surface area contributed by atoms with Crippen LogP contribution in [0.25, 0.3) is 0 Å². The monoisotopic (exact) mass is 265 g/mol. The molecule has 6 nitrogen and oxygen atoms in total. The fourth-order valence-corrected chi connectivity index (χ4v) is 2.60. The van der Waals surface area contributed by atoms with Gasteiger partial charge in [-0.05, 0) is 26.2 Å². The lowest BCUT2D eigenvalue weighted by Crippen LogP contribution is -2.51. The van der Waals surface area contributed by atoms with E-state index in [-0.39, 0.29) is 0 Å². The predicted octanol–water partition coefficient (Wildman–Crippen LogP) is 1.71. The van der Waals surface area contributed by atoms with Crippen LogP contribution in [-0.4, -0.2) is 39.7 Å². The topological polar surface area (TPSA) is 75.5 Å². The molecular formula is C13H19N3O3. The third kappa shape index (κ3) is 2.34. The van der Waals surface area contributed by atoms with Gasteiger partial charge in [0.1, 0.15) is 5.54 Å². The van der Waals surface area contributed by atoms with Crippen molar-refractivity contribution < 1.29 is 14.6 Å². The van der Waals surface area contributed by atoms with Crippen LogP contribution in [0.15, 0.2) is 12.3 Å². The summed E-state index contributed by atoms with van der Waals surface area (Å²) < 4.78 is 5.34. The van der Waals surface area contributed by atoms with E-state index in [2.05, 4.69) is 9.97 Å². The van der Waals surface area contributed by atoms with Crippen molar-refractivity contribution >= 4 is 11.9 Å². The first-order valence-corrected chi connectivity index (χ1v) is 6.61. The molecule has 1 atom stereocenters. The summed E-state index contributed by atoms with van der Waals surface area (Å²) in [6.07, 6.45) is 3.60. The molecule has 1 N–H and O–H groups in total. The highest BCUT2D eigenvalue weighted by Crippen LogP contribution is 2.35. The van der Waals surface area contributed by atoms with Gasteiger partial charge in [0.05, 0.1) is 6.61 Å². The maximum atomic E-state index is 11.6. The van der Waals surface area contributed by atoms with E-state index >= 15 is 0 Å². The van der Waals surface area contributed by atoms with Crippen LogP contribution in [0, 0.1) is 0 Å². The van der Waals surface area contributed by atoms with E-state index in [1.54, 1.807) is 17.2 Å². The first kappa shape index (κ1) is 13.6. The number of ether oxygens (including phenoxy) is 1. The van der Waals surface area contributed by atoms with E-state index in [1.165, 1.54) is 0 Å². The van der Waals surface area contributed by atoms with Gasteiger partial charge < -0.3 is 14.7 Å². The highest BCUT2D eigenvalue weighted by atomic mass is 16.5. The molecule has 1 saturated heterocycles. The first-order chi connectivity index (χ1) is 9.14. The minimum atomic E-state index is -0.884. The molecule has 1 aliphatic heterocycles. The lowest BCUT2D eigenvalue weighted by atomic mass is 9.93. The van der Waals surface area contributed by atoms with E-state index in [9.17, 15) is 9.90 Å². The zero-order valence-electron chi connectivity index (χ0n) is 11.3. The Labute approximate surface area is 112 Å². The van der Waals surface area contributed by atoms with Crippen LogP contribution in [0.2, 0.25) is 0 Å². The molecule has 1 aliphatic rings. The number of rotatable bonds is 5. The van der Waals surface area contributed by atoms with Crippen LogP contribution in [0.3, 0.4) is 0 Å². The van der Waals surface area contributed by atoms with Crippen molar-refractivity contribution in [3.63, 3.8) is 0 Å². The Morgan fingerprint density at radius 3 is 3.00 bits per heavy atom. The van der Waals surface area contributed by atoms with Gasteiger partial charge in [0.15, 0.2) is 0 Å². The van der Waals surface area contributed by atoms with E-state index in [0.717, 1.165) is 6.42 Å². The van der Waals surface area contributed by atoms with Crippen molar-refractivity contribution in [2.24, 2.45) is 0 Å². The van der Waals surface area contributed by atoms with Crippen molar-refractivity contribution in [2.75, 3.05) is 18.1 Å². The van der Waals surface area contributed by atoms with Crippen molar-refractivity contribution in [1.29, 1.82) is 0 Å². The highest BCUT2D eigenvalue weighted by molar-refractivity contribution is 5.83. The SMILES string of the molecule is CCOc1ccnc(N2CCCC2(CC)C(=O)O)n1. The molecule has 2 rings (SSSR count). The summed E-state index contributed by atoms with van der Waals surface area (Å²) in [6, 6.07) is 1.68. The second-order valence-corrected chi connectivity index (χ2v) is 4.57. The van der Waals surface area contributed by atoms with Crippen molar-refractivity contribution in [2.45, 2.75) is 38.6 Å². The molecular weight excluding hydrogens is 246 g/mol. The molecule has 1 aromatic heterocycles. The van der Waals surface area contributed by atoms with E-state index < -0.39 is 11.5 Å². The first-order valence-electron chi connectivity index (χ1n) is 6.61. The number of aliphatic carboxylic acids is 1. The van der Waals surface area contributed by atoms with Gasteiger partial charge in [-0.25, -0.2) is 9.78 Å². The average Bonchev–Trinajstić information content (AvgIpc) is 2.84. The van der Waals surface area contributed by atoms with Crippen LogP contribution < -0.4 is 9.64 Å². The minimum absolute atomic E-state index is 0.438. The van der Waals surface area contributed by atoms with Gasteiger partial charge in [0.2, 0.25) is 11.8 Å². The number of carboxylic acid groups (broad SMARTS) is 1. The summed E-state index contributed by atoms with van der Waals surface area (Å²) >= 11 is 0. The third-order valence-corrected chi connectivity index (χ3v) is 3.62. The summed E-state index contributed by atoms with van der Waals surface area (Å²) in [4.78, 5) is 21.9. The normalized spacial score (nSPS) is 22.5. The third-order valence-electron chi connectivity index (χ3n) is 3.62. The largest absolute Gasteiger partial charge is 0.479 e. The lowest BCUT2D eigenvalue weighted by Gasteiger charge is -2.33. The Balaban J connectivity index is 2.34. The van der Waals surface area contributed by atoms with Crippen LogP contribution in [-0.2, 0) is 4.79 Å². The van der Waals surface area contributed by atoms with Crippen LogP contribution in [0.4, 0.5) is 5.95 Å². The zero-order valence-corrected chi connectivity index (χ0v) is 11.3. The van der Waals surface area contributed by atoms with Crippen LogP contribution in [0.1, 0.15) is 33.1 Å². The summed E-state index contributed by atoms with van der Waals surface area (Å²) in [7, 11) is 0. The second-order valence-electron chi connectivity index (χ2n) is 4.57. The molecule has 1 unspecified atom stereocenters. The predicted molar refractivity (Wildman–Crippen MR) is 70.4 cm³/mol. The standard InChI is InChI=1S/C13H19N3O3/c1-3-13(11(17)18)7-5-9-16(13)12-14-8-6-10(15-12)19-4-2/h6,8H,3-5,7,9H2,1-2H3,(H,17,18). The molecule has 0 bridgehead atoms. The molecule has 0 radical (unpaired) electrons. The summed E-state index contributed by atoms with van der Waals surface area (Å²) in [5.74, 6) is 0.111. The number of nitrogens with zero attached hydrogens (tertiary/aromatic N) is 3. The van der Waals surface area contributed by atoms with Crippen molar-refractivity contribution in [3.8, 4) is 5.88 Å². The second kappa shape index (κ2) is 5.42. The molecule has 0 aromatic carbocycles. The molecule has 19 heavy (non-hydrogen) atoms. The Kier molecular flexibility index (Phi) is 3.87. The van der Waals surface area contributed by atoms with Crippen LogP contribution >= 0.6 is 0 Å². The summed E-state index contributed by atoms with van der Waals surface area (Å²) in [6.45, 7) is 4.95. The van der Waals surface area contributed by atoms with Gasteiger partial charge in [-0.1, -0.05) is 6.92 Å². The summed E-state index contributed by atoms with van der Waals surface area (Å²) in [5.41, 5.74) is -0.884. The van der Waals surface area contributed by atoms with Gasteiger partial charge >= 0.3 is 5.97 Å². The smallest absolute Gasteiger partial charge is 0.329 e. The fourth-order valence-electron chi connectivity index (χ4n) is 2.60. The van der Waals surface area contributed by atoms with Gasteiger partial charge in [-0.15, -0.1) is 0 Å². The number of aromatic nitrogens is 2. The average molecular weight is 265 g/mol. The Bertz CT molecular complexity index is 466. The van der Waals surface area contributed by atoms with Gasteiger partial charge in [0, 0.05) is 18.8 Å². The number of carboxylic acids is 1. The minimum Gasteiger partial charge on any atom is -0.479 e. The molecule has 104 valence electrons. The van der Waals surface area contributed by atoms with E-state index in [0.29, 0.717) is 37.8 Å². The van der Waals surface area contributed by atoms with Crippen molar-refractivity contribution in [3.05, 3.63) is 12.3 Å². The molecule has 0 aliphatic carbocycles. The number of hydrogen-bond acceptors (Lipinski definition) is 5. The zero-order chi connectivity index (χ0) is 13.9. The van der Waals surface area contributed by atoms with Gasteiger partial charge in [-0.2, -0.15) is 4.98 Å². The van der Waals surface area contributed by atoms with Gasteiger partial charge in [0.25, 0.3) is 0 Å². The molecule has 0 saturated carbocycles. The highest BCUT2D eigenvalue weighted by Gasteiger charge is 2.47. The number of carbonyl (C=O) groups is 1. The Morgan fingerprint density at radius 2 is 2.37 bits per heavy atom. The molecule has 6 heteroatoms. The maximum absolute atomic E-state index is 11.6. The molecule has 2 heterocycles. The molecule has 1 aromatic rings. The quantitative estimate of drug-likeness (QED) is 0.873. The van der Waals surface area contributed by atoms with E-state index in [1.807, 2.05) is 13.8 Å². The molecule has 1 fully saturated rings. The fraction of sp³-hybridized carbons (Fsp3) is 0.615. The lowest BCUT2D eigenvalue weighted by molar-refractivity contribution is -0.143. The number of hydrogen-bond donors (Lipinski definition) is 1. The van der Waals surface area contributed by atoms with E-state index in [4.69, 9.17) is 4.74 Å². The Hall–Kier alpha value is -1.85. The molecule has 0 amide bonds. The maximum Gasteiger partial charge on any atom is 0.329 e. The summed E-state index contributed by atoms with van der Waals surface area (Å²) in [5, 5.41) is 9.54. The Morgan fingerprint density at radius 1 is 1.58 bits per heavy atom.